The average Bonchev–Trinajstić information content (AvgIpc) is 2.76. The lowest BCUT2D eigenvalue weighted by Gasteiger charge is -2.13. The van der Waals surface area contributed by atoms with Gasteiger partial charge in [-0.05, 0) is 19.1 Å². The Morgan fingerprint density at radius 1 is 1.35 bits per heavy atom. The molecular weight excluding hydrogens is 301 g/mol. The maximum atomic E-state index is 12.0. The monoisotopic (exact) mass is 317 g/mol. The van der Waals surface area contributed by atoms with Gasteiger partial charge >= 0.3 is 0 Å². The third kappa shape index (κ3) is 3.85. The molecule has 1 aromatic carbocycles. The number of carbonyl (C=O) groups is 1. The molecule has 0 saturated heterocycles. The van der Waals surface area contributed by atoms with Crippen LogP contribution >= 0.6 is 24.8 Å². The summed E-state index contributed by atoms with van der Waals surface area (Å²) >= 11 is 0. The molecule has 2 rings (SSSR count). The summed E-state index contributed by atoms with van der Waals surface area (Å²) in [6, 6.07) is 6.72. The van der Waals surface area contributed by atoms with Crippen LogP contribution in [0.4, 0.5) is 5.69 Å². The highest BCUT2D eigenvalue weighted by atomic mass is 35.5. The Labute approximate surface area is 129 Å². The zero-order chi connectivity index (χ0) is 13.1. The smallest absolute Gasteiger partial charge is 0.253 e. The summed E-state index contributed by atoms with van der Waals surface area (Å²) in [5.41, 5.74) is 6.67. The van der Waals surface area contributed by atoms with Gasteiger partial charge in [0.15, 0.2) is 5.82 Å². The van der Waals surface area contributed by atoms with Gasteiger partial charge in [-0.25, -0.2) is 0 Å². The molecule has 0 saturated carbocycles. The van der Waals surface area contributed by atoms with E-state index in [1.54, 1.807) is 35.2 Å². The van der Waals surface area contributed by atoms with E-state index < -0.39 is 0 Å². The summed E-state index contributed by atoms with van der Waals surface area (Å²) in [5.74, 6) is 0.474. The van der Waals surface area contributed by atoms with E-state index in [2.05, 4.69) is 15.5 Å². The number of benzene rings is 1. The Hall–Kier alpha value is -1.79. The molecule has 6 nitrogen and oxygen atoms in total. The van der Waals surface area contributed by atoms with Crippen LogP contribution in [-0.2, 0) is 7.05 Å². The quantitative estimate of drug-likeness (QED) is 0.844. The van der Waals surface area contributed by atoms with Gasteiger partial charge in [0.05, 0.1) is 11.6 Å². The fourth-order valence-electron chi connectivity index (χ4n) is 1.73. The standard InChI is InChI=1S/C12H15N5O.2ClH/c1-8(11-16-14-7-17(11)2)15-12(18)9-5-3-4-6-10(9)13;;/h3-8H,13H2,1-2H3,(H,15,18);2*1H. The molecule has 1 atom stereocenters. The van der Waals surface area contributed by atoms with E-state index in [4.69, 9.17) is 5.73 Å². The molecule has 0 aliphatic rings. The maximum Gasteiger partial charge on any atom is 0.253 e. The topological polar surface area (TPSA) is 85.8 Å². The van der Waals surface area contributed by atoms with Crippen molar-refractivity contribution in [2.45, 2.75) is 13.0 Å². The van der Waals surface area contributed by atoms with Crippen LogP contribution in [0.25, 0.3) is 0 Å². The fourth-order valence-corrected chi connectivity index (χ4v) is 1.73. The maximum absolute atomic E-state index is 12.0. The number of nitrogens with zero attached hydrogens (tertiary/aromatic N) is 3. The Morgan fingerprint density at radius 2 is 2.00 bits per heavy atom. The SMILES string of the molecule is CC(NC(=O)c1ccccc1N)c1nncn1C.Cl.Cl. The second kappa shape index (κ2) is 7.72. The number of nitrogen functional groups attached to an aromatic ring is 1. The third-order valence-electron chi connectivity index (χ3n) is 2.69. The second-order valence-electron chi connectivity index (χ2n) is 4.08. The number of aromatic nitrogens is 3. The van der Waals surface area contributed by atoms with Crippen LogP contribution in [0.3, 0.4) is 0 Å². The molecule has 1 unspecified atom stereocenters. The molecular formula is C12H17Cl2N5O. The van der Waals surface area contributed by atoms with Gasteiger partial charge < -0.3 is 15.6 Å². The molecule has 1 aromatic heterocycles. The molecule has 1 heterocycles. The number of hydrogen-bond acceptors (Lipinski definition) is 4. The van der Waals surface area contributed by atoms with E-state index in [1.165, 1.54) is 0 Å². The van der Waals surface area contributed by atoms with Gasteiger partial charge in [-0.1, -0.05) is 12.1 Å². The molecule has 0 aliphatic heterocycles. The number of anilines is 1. The Balaban J connectivity index is 0.00000180. The molecule has 2 aromatic rings. The van der Waals surface area contributed by atoms with Crippen LogP contribution in [0.5, 0.6) is 0 Å². The molecule has 3 N–H and O–H groups in total. The number of amides is 1. The predicted molar refractivity (Wildman–Crippen MR) is 82.2 cm³/mol. The highest BCUT2D eigenvalue weighted by Gasteiger charge is 2.16. The van der Waals surface area contributed by atoms with Crippen molar-refractivity contribution in [3.63, 3.8) is 0 Å². The van der Waals surface area contributed by atoms with Crippen LogP contribution < -0.4 is 11.1 Å². The lowest BCUT2D eigenvalue weighted by Crippen LogP contribution is -2.29. The molecule has 0 spiro atoms. The van der Waals surface area contributed by atoms with Crippen molar-refractivity contribution in [3.8, 4) is 0 Å². The van der Waals surface area contributed by atoms with Crippen molar-refractivity contribution in [2.24, 2.45) is 7.05 Å². The minimum absolute atomic E-state index is 0. The van der Waals surface area contributed by atoms with Crippen LogP contribution in [-0.4, -0.2) is 20.7 Å². The van der Waals surface area contributed by atoms with Crippen LogP contribution in [0.1, 0.15) is 29.1 Å². The van der Waals surface area contributed by atoms with E-state index in [9.17, 15) is 4.79 Å². The molecule has 20 heavy (non-hydrogen) atoms. The number of nitrogens with one attached hydrogen (secondary N) is 1. The van der Waals surface area contributed by atoms with Gasteiger partial charge in [-0.15, -0.1) is 35.0 Å². The van der Waals surface area contributed by atoms with E-state index in [-0.39, 0.29) is 36.8 Å². The summed E-state index contributed by atoms with van der Waals surface area (Å²) in [7, 11) is 1.83. The van der Waals surface area contributed by atoms with Gasteiger partial charge in [-0.2, -0.15) is 0 Å². The van der Waals surface area contributed by atoms with Crippen molar-refractivity contribution in [2.75, 3.05) is 5.73 Å². The first-order valence-corrected chi connectivity index (χ1v) is 5.59. The molecule has 0 radical (unpaired) electrons. The molecule has 1 amide bonds. The number of hydrogen-bond donors (Lipinski definition) is 2. The van der Waals surface area contributed by atoms with Crippen LogP contribution in [0.15, 0.2) is 30.6 Å². The van der Waals surface area contributed by atoms with Gasteiger partial charge in [0.2, 0.25) is 0 Å². The molecule has 0 bridgehead atoms. The second-order valence-corrected chi connectivity index (χ2v) is 4.08. The lowest BCUT2D eigenvalue weighted by molar-refractivity contribution is 0.0938. The first-order chi connectivity index (χ1) is 8.59. The lowest BCUT2D eigenvalue weighted by atomic mass is 10.1. The van der Waals surface area contributed by atoms with Crippen LogP contribution in [0.2, 0.25) is 0 Å². The summed E-state index contributed by atoms with van der Waals surface area (Å²) < 4.78 is 1.76. The average molecular weight is 318 g/mol. The zero-order valence-electron chi connectivity index (χ0n) is 11.1. The molecule has 8 heteroatoms. The highest BCUT2D eigenvalue weighted by molar-refractivity contribution is 5.99. The van der Waals surface area contributed by atoms with E-state index in [1.807, 2.05) is 14.0 Å². The normalized spacial score (nSPS) is 10.9. The number of para-hydroxylation sites is 1. The first kappa shape index (κ1) is 18.2. The predicted octanol–water partition coefficient (Wildman–Crippen LogP) is 1.73. The zero-order valence-corrected chi connectivity index (χ0v) is 12.7. The number of nitrogens with two attached hydrogens (primary N) is 1. The van der Waals surface area contributed by atoms with Crippen LogP contribution in [0, 0.1) is 0 Å². The number of rotatable bonds is 3. The van der Waals surface area contributed by atoms with Gasteiger partial charge in [-0.3, -0.25) is 4.79 Å². The Kier molecular flexibility index (Phi) is 7.02. The summed E-state index contributed by atoms with van der Waals surface area (Å²) in [4.78, 5) is 12.0. The number of carbonyl (C=O) groups excluding carboxylic acids is 1. The third-order valence-corrected chi connectivity index (χ3v) is 2.69. The van der Waals surface area contributed by atoms with Gasteiger partial charge in [0.1, 0.15) is 6.33 Å². The molecule has 0 fully saturated rings. The highest BCUT2D eigenvalue weighted by Crippen LogP contribution is 2.13. The first-order valence-electron chi connectivity index (χ1n) is 5.59. The summed E-state index contributed by atoms with van der Waals surface area (Å²) in [6.07, 6.45) is 1.59. The largest absolute Gasteiger partial charge is 0.398 e. The molecule has 0 aliphatic carbocycles. The van der Waals surface area contributed by atoms with Crippen molar-refractivity contribution >= 4 is 36.4 Å². The van der Waals surface area contributed by atoms with E-state index in [0.29, 0.717) is 17.1 Å². The molecule has 110 valence electrons. The minimum atomic E-state index is -0.232. The number of halogens is 2. The number of aryl methyl sites for hydroxylation is 1. The van der Waals surface area contributed by atoms with Crippen molar-refractivity contribution in [1.82, 2.24) is 20.1 Å². The van der Waals surface area contributed by atoms with Gasteiger partial charge in [0, 0.05) is 12.7 Å². The van der Waals surface area contributed by atoms with E-state index >= 15 is 0 Å². The summed E-state index contributed by atoms with van der Waals surface area (Å²) in [6.45, 7) is 1.85. The van der Waals surface area contributed by atoms with Crippen molar-refractivity contribution in [1.29, 1.82) is 0 Å². The Morgan fingerprint density at radius 3 is 2.55 bits per heavy atom. The summed E-state index contributed by atoms with van der Waals surface area (Å²) in [5, 5.41) is 10.6. The Bertz CT molecular complexity index is 572. The van der Waals surface area contributed by atoms with E-state index in [0.717, 1.165) is 0 Å². The fraction of sp³-hybridized carbons (Fsp3) is 0.250. The van der Waals surface area contributed by atoms with Gasteiger partial charge in [0.25, 0.3) is 5.91 Å². The van der Waals surface area contributed by atoms with Crippen molar-refractivity contribution in [3.05, 3.63) is 42.0 Å². The van der Waals surface area contributed by atoms with Crippen molar-refractivity contribution < 1.29 is 4.79 Å². The minimum Gasteiger partial charge on any atom is -0.398 e.